The first-order valence-corrected chi connectivity index (χ1v) is 48.4. The Kier molecular flexibility index (Phi) is 76.6. The van der Waals surface area contributed by atoms with Gasteiger partial charge in [0.15, 0.2) is 12.2 Å². The second-order valence-electron chi connectivity index (χ2n) is 32.8. The average Bonchev–Trinajstić information content (AvgIpc) is 0.902. The van der Waals surface area contributed by atoms with Gasteiger partial charge in [-0.3, -0.25) is 37.3 Å². The Hall–Kier alpha value is -1.94. The van der Waals surface area contributed by atoms with Gasteiger partial charge in [0.25, 0.3) is 0 Å². The van der Waals surface area contributed by atoms with E-state index in [0.29, 0.717) is 25.7 Å². The van der Waals surface area contributed by atoms with E-state index in [1.165, 1.54) is 276 Å². The molecule has 0 aromatic rings. The molecule has 0 saturated carbocycles. The first-order chi connectivity index (χ1) is 51.8. The van der Waals surface area contributed by atoms with Gasteiger partial charge in [0, 0.05) is 25.7 Å². The van der Waals surface area contributed by atoms with Gasteiger partial charge < -0.3 is 33.8 Å². The van der Waals surface area contributed by atoms with Gasteiger partial charge in [-0.2, -0.15) is 0 Å². The molecule has 0 saturated heterocycles. The van der Waals surface area contributed by atoms with E-state index >= 15 is 0 Å². The minimum absolute atomic E-state index is 0.108. The van der Waals surface area contributed by atoms with E-state index < -0.39 is 97.5 Å². The van der Waals surface area contributed by atoms with Crippen LogP contribution in [0.25, 0.3) is 0 Å². The van der Waals surface area contributed by atoms with Crippen LogP contribution in [0.15, 0.2) is 0 Å². The van der Waals surface area contributed by atoms with Crippen molar-refractivity contribution in [3.63, 3.8) is 0 Å². The minimum Gasteiger partial charge on any atom is -0.462 e. The molecule has 0 aliphatic carbocycles. The molecular formula is C88H172O17P2. The third-order valence-electron chi connectivity index (χ3n) is 21.0. The van der Waals surface area contributed by atoms with Gasteiger partial charge in [-0.05, 0) is 43.4 Å². The van der Waals surface area contributed by atoms with Crippen molar-refractivity contribution in [2.45, 2.75) is 484 Å². The highest BCUT2D eigenvalue weighted by Crippen LogP contribution is 2.45. The molecule has 0 aliphatic rings. The number of ether oxygens (including phenoxy) is 4. The van der Waals surface area contributed by atoms with E-state index in [-0.39, 0.29) is 25.7 Å². The molecule has 0 radical (unpaired) electrons. The number of phosphoric ester groups is 2. The van der Waals surface area contributed by atoms with Gasteiger partial charge in [0.2, 0.25) is 0 Å². The van der Waals surface area contributed by atoms with Crippen LogP contribution in [-0.4, -0.2) is 96.7 Å². The first kappa shape index (κ1) is 105. The van der Waals surface area contributed by atoms with Gasteiger partial charge in [-0.25, -0.2) is 9.13 Å². The Bertz CT molecular complexity index is 2060. The molecule has 17 nitrogen and oxygen atoms in total. The third-order valence-corrected chi connectivity index (χ3v) is 22.9. The molecule has 3 unspecified atom stereocenters. The minimum atomic E-state index is -4.97. The van der Waals surface area contributed by atoms with Crippen LogP contribution in [-0.2, 0) is 65.4 Å². The summed E-state index contributed by atoms with van der Waals surface area (Å²) in [6, 6.07) is 0. The fourth-order valence-corrected chi connectivity index (χ4v) is 15.3. The summed E-state index contributed by atoms with van der Waals surface area (Å²) in [4.78, 5) is 73.3. The topological polar surface area (TPSA) is 237 Å². The predicted molar refractivity (Wildman–Crippen MR) is 441 cm³/mol. The Morgan fingerprint density at radius 1 is 0.271 bits per heavy atom. The van der Waals surface area contributed by atoms with Gasteiger partial charge in [-0.15, -0.1) is 0 Å². The lowest BCUT2D eigenvalue weighted by Gasteiger charge is -2.21. The van der Waals surface area contributed by atoms with Gasteiger partial charge in [-0.1, -0.05) is 414 Å². The lowest BCUT2D eigenvalue weighted by molar-refractivity contribution is -0.161. The number of unbranched alkanes of at least 4 members (excludes halogenated alkanes) is 53. The van der Waals surface area contributed by atoms with Crippen LogP contribution < -0.4 is 0 Å². The number of esters is 4. The summed E-state index contributed by atoms with van der Waals surface area (Å²) in [6.07, 6.45) is 69.4. The average molecular weight is 1560 g/mol. The quantitative estimate of drug-likeness (QED) is 0.0222. The van der Waals surface area contributed by atoms with Crippen molar-refractivity contribution in [1.29, 1.82) is 0 Å². The second kappa shape index (κ2) is 78.0. The number of carbonyl (C=O) groups excluding carboxylic acids is 4. The monoisotopic (exact) mass is 1560 g/mol. The van der Waals surface area contributed by atoms with Gasteiger partial charge in [0.1, 0.15) is 19.3 Å². The molecule has 0 amide bonds. The van der Waals surface area contributed by atoms with Crippen molar-refractivity contribution in [2.24, 2.45) is 17.8 Å². The SMILES string of the molecule is CCCCCCCCCCCCCCCCCC(=O)O[C@H](COC(=O)CCCCCCCCCCC(C)CC)COP(=O)(O)OC[C@H](O)COP(=O)(O)OC[C@@H](COC(=O)CCCCCCCCCCCCCCCCCCC(C)C)OC(=O)CCCCCCCCCCCCCCCCCCCCC(C)C. The van der Waals surface area contributed by atoms with Crippen molar-refractivity contribution in [1.82, 2.24) is 0 Å². The predicted octanol–water partition coefficient (Wildman–Crippen LogP) is 26.9. The zero-order chi connectivity index (χ0) is 78.6. The Balaban J connectivity index is 5.25. The zero-order valence-electron chi connectivity index (χ0n) is 70.6. The molecule has 0 aliphatic heterocycles. The third kappa shape index (κ3) is 80.5. The Morgan fingerprint density at radius 2 is 0.477 bits per heavy atom. The maximum Gasteiger partial charge on any atom is 0.472 e. The zero-order valence-corrected chi connectivity index (χ0v) is 72.4. The van der Waals surface area contributed by atoms with E-state index in [1.54, 1.807) is 0 Å². The van der Waals surface area contributed by atoms with Crippen LogP contribution in [0.2, 0.25) is 0 Å². The number of hydrogen-bond donors (Lipinski definition) is 3. The molecule has 0 heterocycles. The van der Waals surface area contributed by atoms with Crippen LogP contribution in [0.1, 0.15) is 466 Å². The standard InChI is InChI=1S/C88H172O17P2/c1-8-10-11-12-13-14-15-16-23-31-36-41-50-57-64-71-88(93)105-84(76-99-86(91)70-63-56-49-44-43-47-54-61-68-81(7)9-2)78-103-107(96,97)101-74-82(89)73-100-106(94,95)102-77-83(75-98-85(90)69-62-55-48-40-35-30-26-22-21-25-29-34-39-46-53-60-67-80(5)6)104-87(92)72-65-58-51-42-37-32-27-20-18-17-19-24-28-33-38-45-52-59-66-79(3)4/h79-84,89H,8-78H2,1-7H3,(H,94,95)(H,96,97)/t81?,82-,83-,84-/m1/s1. The number of aliphatic hydroxyl groups is 1. The highest BCUT2D eigenvalue weighted by molar-refractivity contribution is 7.47. The molecule has 0 bridgehead atoms. The first-order valence-electron chi connectivity index (χ1n) is 45.4. The summed E-state index contributed by atoms with van der Waals surface area (Å²) in [6.45, 7) is 12.1. The molecule has 0 spiro atoms. The lowest BCUT2D eigenvalue weighted by Crippen LogP contribution is -2.30. The van der Waals surface area contributed by atoms with E-state index in [1.807, 2.05) is 0 Å². The smallest absolute Gasteiger partial charge is 0.462 e. The van der Waals surface area contributed by atoms with E-state index in [4.69, 9.17) is 37.0 Å². The maximum absolute atomic E-state index is 13.2. The van der Waals surface area contributed by atoms with Crippen LogP contribution in [0.3, 0.4) is 0 Å². The summed E-state index contributed by atoms with van der Waals surface area (Å²) >= 11 is 0. The summed E-state index contributed by atoms with van der Waals surface area (Å²) in [5.74, 6) is 0.310. The Labute approximate surface area is 658 Å². The maximum atomic E-state index is 13.2. The van der Waals surface area contributed by atoms with Gasteiger partial charge >= 0.3 is 39.5 Å². The van der Waals surface area contributed by atoms with Crippen LogP contribution in [0.5, 0.6) is 0 Å². The van der Waals surface area contributed by atoms with Crippen LogP contribution in [0, 0.1) is 17.8 Å². The number of aliphatic hydroxyl groups excluding tert-OH is 1. The fourth-order valence-electron chi connectivity index (χ4n) is 13.7. The summed E-state index contributed by atoms with van der Waals surface area (Å²) in [5, 5.41) is 10.7. The number of rotatable bonds is 86. The molecule has 6 atom stereocenters. The molecule has 107 heavy (non-hydrogen) atoms. The highest BCUT2D eigenvalue weighted by atomic mass is 31.2. The van der Waals surface area contributed by atoms with E-state index in [2.05, 4.69) is 48.5 Å². The molecule has 0 fully saturated rings. The number of hydrogen-bond acceptors (Lipinski definition) is 15. The summed E-state index contributed by atoms with van der Waals surface area (Å²) < 4.78 is 69.0. The Morgan fingerprint density at radius 3 is 0.710 bits per heavy atom. The molecule has 19 heteroatoms. The lowest BCUT2D eigenvalue weighted by atomic mass is 9.99. The molecular weight excluding hydrogens is 1390 g/mol. The van der Waals surface area contributed by atoms with Crippen molar-refractivity contribution in [3.05, 3.63) is 0 Å². The van der Waals surface area contributed by atoms with Crippen LogP contribution in [0.4, 0.5) is 0 Å². The molecule has 0 aromatic heterocycles. The van der Waals surface area contributed by atoms with Crippen molar-refractivity contribution < 1.29 is 80.2 Å². The fraction of sp³-hybridized carbons (Fsp3) is 0.955. The van der Waals surface area contributed by atoms with E-state index in [0.717, 1.165) is 108 Å². The molecule has 636 valence electrons. The van der Waals surface area contributed by atoms with Crippen molar-refractivity contribution >= 4 is 39.5 Å². The molecule has 3 N–H and O–H groups in total. The largest absolute Gasteiger partial charge is 0.472 e. The molecule has 0 aromatic carbocycles. The van der Waals surface area contributed by atoms with Crippen molar-refractivity contribution in [2.75, 3.05) is 39.6 Å². The normalized spacial score (nSPS) is 14.1. The number of carbonyl (C=O) groups is 4. The highest BCUT2D eigenvalue weighted by Gasteiger charge is 2.31. The van der Waals surface area contributed by atoms with Crippen LogP contribution >= 0.6 is 15.6 Å². The summed E-state index contributed by atoms with van der Waals surface area (Å²) in [7, 11) is -9.93. The number of phosphoric acid groups is 2. The summed E-state index contributed by atoms with van der Waals surface area (Å²) in [5.41, 5.74) is 0. The van der Waals surface area contributed by atoms with Gasteiger partial charge in [0.05, 0.1) is 26.4 Å². The van der Waals surface area contributed by atoms with E-state index in [9.17, 15) is 43.2 Å². The molecule has 0 rings (SSSR count). The van der Waals surface area contributed by atoms with Crippen molar-refractivity contribution in [3.8, 4) is 0 Å². The second-order valence-corrected chi connectivity index (χ2v) is 35.7.